The minimum absolute atomic E-state index is 0.0260. The van der Waals surface area contributed by atoms with E-state index in [4.69, 9.17) is 9.72 Å². The molecule has 1 N–H and O–H groups in total. The molecule has 1 amide bonds. The molecule has 2 aliphatic heterocycles. The molecule has 1 aromatic heterocycles. The van der Waals surface area contributed by atoms with Crippen LogP contribution in [0, 0.1) is 11.8 Å². The monoisotopic (exact) mass is 339 g/mol. The van der Waals surface area contributed by atoms with E-state index in [1.54, 1.807) is 0 Å². The Labute approximate surface area is 148 Å². The van der Waals surface area contributed by atoms with Crippen molar-refractivity contribution in [2.24, 2.45) is 11.8 Å². The van der Waals surface area contributed by atoms with Gasteiger partial charge in [-0.05, 0) is 26.0 Å². The molecule has 5 heteroatoms. The van der Waals surface area contributed by atoms with Crippen LogP contribution >= 0.6 is 0 Å². The number of nitrogens with one attached hydrogen (secondary N) is 1. The topological polar surface area (TPSA) is 54.5 Å². The van der Waals surface area contributed by atoms with E-state index >= 15 is 0 Å². The Morgan fingerprint density at radius 3 is 2.96 bits per heavy atom. The molecular weight excluding hydrogens is 314 g/mol. The van der Waals surface area contributed by atoms with Gasteiger partial charge < -0.3 is 10.1 Å². The average Bonchev–Trinajstić information content (AvgIpc) is 3.14. The van der Waals surface area contributed by atoms with E-state index < -0.39 is 0 Å². The Bertz CT molecular complexity index is 776. The normalized spacial score (nSPS) is 26.3. The number of amides is 1. The minimum Gasteiger partial charge on any atom is -0.376 e. The second-order valence-corrected chi connectivity index (χ2v) is 7.49. The molecule has 4 rings (SSSR count). The SMILES string of the molecule is CC(C)NC(=O)[C@H]1CO[C@@H]2CN(Cc3ccc4ccccc4n3)C[C@H]12. The van der Waals surface area contributed by atoms with Crippen LogP contribution in [0.4, 0.5) is 0 Å². The van der Waals surface area contributed by atoms with Crippen molar-refractivity contribution in [1.82, 2.24) is 15.2 Å². The van der Waals surface area contributed by atoms with E-state index in [0.717, 1.165) is 30.8 Å². The summed E-state index contributed by atoms with van der Waals surface area (Å²) in [7, 11) is 0. The molecule has 3 atom stereocenters. The number of aromatic nitrogens is 1. The quantitative estimate of drug-likeness (QED) is 0.928. The summed E-state index contributed by atoms with van der Waals surface area (Å²) in [5.74, 6) is 0.398. The van der Waals surface area contributed by atoms with Crippen molar-refractivity contribution in [3.05, 3.63) is 42.1 Å². The number of carbonyl (C=O) groups excluding carboxylic acids is 1. The first-order valence-corrected chi connectivity index (χ1v) is 9.09. The molecule has 2 aliphatic rings. The van der Waals surface area contributed by atoms with Gasteiger partial charge in [0.2, 0.25) is 5.91 Å². The maximum absolute atomic E-state index is 12.4. The Morgan fingerprint density at radius 2 is 2.12 bits per heavy atom. The van der Waals surface area contributed by atoms with Crippen molar-refractivity contribution in [3.63, 3.8) is 0 Å². The number of hydrogen-bond donors (Lipinski definition) is 1. The van der Waals surface area contributed by atoms with Gasteiger partial charge in [-0.1, -0.05) is 24.3 Å². The third-order valence-electron chi connectivity index (χ3n) is 5.20. The molecule has 5 nitrogen and oxygen atoms in total. The lowest BCUT2D eigenvalue weighted by Crippen LogP contribution is -2.39. The van der Waals surface area contributed by atoms with Gasteiger partial charge in [-0.3, -0.25) is 14.7 Å². The number of likely N-dealkylation sites (tertiary alicyclic amines) is 1. The number of pyridine rings is 1. The van der Waals surface area contributed by atoms with E-state index in [1.807, 2.05) is 32.0 Å². The maximum atomic E-state index is 12.4. The molecule has 3 heterocycles. The molecule has 1 aromatic carbocycles. The van der Waals surface area contributed by atoms with Crippen molar-refractivity contribution in [3.8, 4) is 0 Å². The molecule has 2 fully saturated rings. The van der Waals surface area contributed by atoms with E-state index in [9.17, 15) is 4.79 Å². The number of fused-ring (bicyclic) bond motifs is 2. The van der Waals surface area contributed by atoms with Crippen LogP contribution < -0.4 is 5.32 Å². The minimum atomic E-state index is -0.0260. The number of nitrogens with zero attached hydrogens (tertiary/aromatic N) is 2. The number of rotatable bonds is 4. The van der Waals surface area contributed by atoms with Crippen LogP contribution in [0.25, 0.3) is 10.9 Å². The molecule has 0 unspecified atom stereocenters. The Balaban J connectivity index is 1.42. The lowest BCUT2D eigenvalue weighted by molar-refractivity contribution is -0.126. The summed E-state index contributed by atoms with van der Waals surface area (Å²) >= 11 is 0. The summed E-state index contributed by atoms with van der Waals surface area (Å²) in [5, 5.41) is 4.20. The largest absolute Gasteiger partial charge is 0.376 e. The van der Waals surface area contributed by atoms with Crippen LogP contribution in [-0.4, -0.2) is 47.6 Å². The Hall–Kier alpha value is -1.98. The summed E-state index contributed by atoms with van der Waals surface area (Å²) < 4.78 is 5.91. The first-order valence-electron chi connectivity index (χ1n) is 9.09. The van der Waals surface area contributed by atoms with Gasteiger partial charge in [0.1, 0.15) is 0 Å². The molecule has 132 valence electrons. The molecular formula is C20H25N3O2. The van der Waals surface area contributed by atoms with Crippen molar-refractivity contribution >= 4 is 16.8 Å². The summed E-state index contributed by atoms with van der Waals surface area (Å²) in [6, 6.07) is 12.6. The van der Waals surface area contributed by atoms with Gasteiger partial charge in [0.05, 0.1) is 29.8 Å². The van der Waals surface area contributed by atoms with Crippen LogP contribution in [0.5, 0.6) is 0 Å². The van der Waals surface area contributed by atoms with Gasteiger partial charge in [-0.15, -0.1) is 0 Å². The van der Waals surface area contributed by atoms with Gasteiger partial charge in [-0.2, -0.15) is 0 Å². The summed E-state index contributed by atoms with van der Waals surface area (Å²) in [6.45, 7) is 7.13. The maximum Gasteiger partial charge on any atom is 0.226 e. The molecule has 25 heavy (non-hydrogen) atoms. The number of ether oxygens (including phenoxy) is 1. The van der Waals surface area contributed by atoms with Gasteiger partial charge in [0.25, 0.3) is 0 Å². The van der Waals surface area contributed by atoms with Crippen LogP contribution in [-0.2, 0) is 16.1 Å². The zero-order valence-electron chi connectivity index (χ0n) is 14.8. The van der Waals surface area contributed by atoms with Gasteiger partial charge in [-0.25, -0.2) is 0 Å². The number of para-hydroxylation sites is 1. The highest BCUT2D eigenvalue weighted by Gasteiger charge is 2.46. The second-order valence-electron chi connectivity index (χ2n) is 7.49. The van der Waals surface area contributed by atoms with Gasteiger partial charge >= 0.3 is 0 Å². The molecule has 0 spiro atoms. The standard InChI is InChI=1S/C20H25N3O2/c1-13(2)21-20(24)17-12-25-19-11-23(10-16(17)19)9-15-8-7-14-5-3-4-6-18(14)22-15/h3-8,13,16-17,19H,9-12H2,1-2H3,(H,21,24)/t16-,17+,19-/m1/s1. The lowest BCUT2D eigenvalue weighted by atomic mass is 9.92. The molecule has 0 radical (unpaired) electrons. The molecule has 0 saturated carbocycles. The van der Waals surface area contributed by atoms with Crippen LogP contribution in [0.1, 0.15) is 19.5 Å². The fourth-order valence-electron chi connectivity index (χ4n) is 4.01. The number of carbonyl (C=O) groups is 1. The highest BCUT2D eigenvalue weighted by molar-refractivity contribution is 5.80. The second kappa shape index (κ2) is 6.73. The molecule has 0 aliphatic carbocycles. The first kappa shape index (κ1) is 16.5. The number of benzene rings is 1. The predicted molar refractivity (Wildman–Crippen MR) is 97.0 cm³/mol. The summed E-state index contributed by atoms with van der Waals surface area (Å²) in [4.78, 5) is 19.5. The highest BCUT2D eigenvalue weighted by Crippen LogP contribution is 2.34. The first-order chi connectivity index (χ1) is 12.1. The fraction of sp³-hybridized carbons (Fsp3) is 0.500. The van der Waals surface area contributed by atoms with Crippen molar-refractivity contribution in [1.29, 1.82) is 0 Å². The van der Waals surface area contributed by atoms with Crippen LogP contribution in [0.2, 0.25) is 0 Å². The van der Waals surface area contributed by atoms with E-state index in [-0.39, 0.29) is 24.0 Å². The average molecular weight is 339 g/mol. The zero-order valence-corrected chi connectivity index (χ0v) is 14.8. The molecule has 2 saturated heterocycles. The molecule has 2 aromatic rings. The van der Waals surface area contributed by atoms with Crippen molar-refractivity contribution in [2.45, 2.75) is 32.5 Å². The van der Waals surface area contributed by atoms with E-state index in [1.165, 1.54) is 5.39 Å². The Kier molecular flexibility index (Phi) is 4.44. The predicted octanol–water partition coefficient (Wildman–Crippen LogP) is 2.21. The van der Waals surface area contributed by atoms with Gasteiger partial charge in [0.15, 0.2) is 0 Å². The zero-order chi connectivity index (χ0) is 17.4. The summed E-state index contributed by atoms with van der Waals surface area (Å²) in [5.41, 5.74) is 2.10. The van der Waals surface area contributed by atoms with Crippen LogP contribution in [0.3, 0.4) is 0 Å². The summed E-state index contributed by atoms with van der Waals surface area (Å²) in [6.07, 6.45) is 0.170. The smallest absolute Gasteiger partial charge is 0.226 e. The fourth-order valence-corrected chi connectivity index (χ4v) is 4.01. The Morgan fingerprint density at radius 1 is 1.28 bits per heavy atom. The van der Waals surface area contributed by atoms with Crippen LogP contribution in [0.15, 0.2) is 36.4 Å². The van der Waals surface area contributed by atoms with Crippen molar-refractivity contribution in [2.75, 3.05) is 19.7 Å². The van der Waals surface area contributed by atoms with E-state index in [2.05, 4.69) is 28.4 Å². The van der Waals surface area contributed by atoms with Gasteiger partial charge in [0, 0.05) is 37.0 Å². The molecule has 0 bridgehead atoms. The lowest BCUT2D eigenvalue weighted by Gasteiger charge is -2.20. The van der Waals surface area contributed by atoms with E-state index in [0.29, 0.717) is 12.5 Å². The highest BCUT2D eigenvalue weighted by atomic mass is 16.5. The number of hydrogen-bond acceptors (Lipinski definition) is 4. The third kappa shape index (κ3) is 3.39. The third-order valence-corrected chi connectivity index (χ3v) is 5.20. The van der Waals surface area contributed by atoms with Crippen molar-refractivity contribution < 1.29 is 9.53 Å².